The van der Waals surface area contributed by atoms with Gasteiger partial charge in [0.2, 0.25) is 0 Å². The quantitative estimate of drug-likeness (QED) is 0.863. The Bertz CT molecular complexity index is 707. The highest BCUT2D eigenvalue weighted by Crippen LogP contribution is 2.27. The molecule has 0 spiro atoms. The third-order valence-electron chi connectivity index (χ3n) is 3.77. The van der Waals surface area contributed by atoms with Crippen LogP contribution in [0.1, 0.15) is 28.2 Å². The van der Waals surface area contributed by atoms with Gasteiger partial charge in [-0.15, -0.1) is 0 Å². The highest BCUT2D eigenvalue weighted by atomic mass is 16.5. The molecule has 0 atom stereocenters. The Morgan fingerprint density at radius 3 is 2.77 bits per heavy atom. The van der Waals surface area contributed by atoms with Crippen LogP contribution >= 0.6 is 0 Å². The topological polar surface area (TPSA) is 73.2 Å². The van der Waals surface area contributed by atoms with E-state index in [0.717, 1.165) is 36.2 Å². The molecule has 6 nitrogen and oxygen atoms in total. The second kappa shape index (κ2) is 6.01. The van der Waals surface area contributed by atoms with Gasteiger partial charge in [0.05, 0.1) is 12.8 Å². The Balaban J connectivity index is 1.90. The Kier molecular flexibility index (Phi) is 3.91. The molecule has 1 N–H and O–H groups in total. The lowest BCUT2D eigenvalue weighted by atomic mass is 10.2. The molecule has 1 amide bonds. The Labute approximate surface area is 128 Å². The molecule has 0 fully saturated rings. The van der Waals surface area contributed by atoms with Crippen LogP contribution in [-0.2, 0) is 22.4 Å². The molecule has 22 heavy (non-hydrogen) atoms. The van der Waals surface area contributed by atoms with Crippen LogP contribution in [0.25, 0.3) is 5.69 Å². The van der Waals surface area contributed by atoms with Crippen molar-refractivity contribution >= 4 is 11.9 Å². The third kappa shape index (κ3) is 2.59. The van der Waals surface area contributed by atoms with Crippen LogP contribution in [0.15, 0.2) is 30.3 Å². The van der Waals surface area contributed by atoms with Gasteiger partial charge < -0.3 is 10.1 Å². The van der Waals surface area contributed by atoms with Crippen molar-refractivity contribution in [1.82, 2.24) is 15.1 Å². The van der Waals surface area contributed by atoms with Gasteiger partial charge in [0.1, 0.15) is 6.54 Å². The summed E-state index contributed by atoms with van der Waals surface area (Å²) in [5, 5.41) is 7.01. The monoisotopic (exact) mass is 299 g/mol. The highest BCUT2D eigenvalue weighted by Gasteiger charge is 2.27. The lowest BCUT2D eigenvalue weighted by Crippen LogP contribution is -2.31. The van der Waals surface area contributed by atoms with Crippen molar-refractivity contribution in [2.75, 3.05) is 13.7 Å². The van der Waals surface area contributed by atoms with E-state index in [4.69, 9.17) is 0 Å². The van der Waals surface area contributed by atoms with Crippen LogP contribution in [0, 0.1) is 0 Å². The van der Waals surface area contributed by atoms with Gasteiger partial charge in [0, 0.05) is 11.3 Å². The lowest BCUT2D eigenvalue weighted by molar-refractivity contribution is -0.139. The van der Waals surface area contributed by atoms with Crippen molar-refractivity contribution in [1.29, 1.82) is 0 Å². The van der Waals surface area contributed by atoms with Crippen molar-refractivity contribution in [2.24, 2.45) is 0 Å². The molecule has 1 aliphatic carbocycles. The molecular weight excluding hydrogens is 282 g/mol. The number of amides is 1. The smallest absolute Gasteiger partial charge is 0.325 e. The van der Waals surface area contributed by atoms with Gasteiger partial charge in [-0.1, -0.05) is 18.2 Å². The number of benzene rings is 1. The predicted octanol–water partition coefficient (Wildman–Crippen LogP) is 1.26. The van der Waals surface area contributed by atoms with Crippen molar-refractivity contribution < 1.29 is 14.3 Å². The minimum Gasteiger partial charge on any atom is -0.468 e. The fraction of sp³-hybridized carbons (Fsp3) is 0.312. The zero-order valence-electron chi connectivity index (χ0n) is 12.3. The molecule has 3 rings (SSSR count). The number of nitrogens with zero attached hydrogens (tertiary/aromatic N) is 2. The van der Waals surface area contributed by atoms with E-state index >= 15 is 0 Å². The molecule has 1 aromatic carbocycles. The Morgan fingerprint density at radius 1 is 1.27 bits per heavy atom. The molecule has 6 heteroatoms. The van der Waals surface area contributed by atoms with Gasteiger partial charge in [0.15, 0.2) is 5.69 Å². The van der Waals surface area contributed by atoms with E-state index in [9.17, 15) is 9.59 Å². The normalized spacial score (nSPS) is 12.8. The van der Waals surface area contributed by atoms with E-state index in [0.29, 0.717) is 5.69 Å². The predicted molar refractivity (Wildman–Crippen MR) is 79.9 cm³/mol. The molecule has 0 saturated heterocycles. The summed E-state index contributed by atoms with van der Waals surface area (Å²) in [6, 6.07) is 9.74. The number of methoxy groups -OCH3 is 1. The van der Waals surface area contributed by atoms with E-state index in [1.807, 2.05) is 35.0 Å². The number of nitrogens with one attached hydrogen (secondary N) is 1. The molecule has 0 aliphatic heterocycles. The van der Waals surface area contributed by atoms with Crippen LogP contribution in [0.5, 0.6) is 0 Å². The molecule has 0 bridgehead atoms. The maximum absolute atomic E-state index is 12.3. The first-order chi connectivity index (χ1) is 10.7. The number of carbonyl (C=O) groups is 2. The van der Waals surface area contributed by atoms with Crippen molar-refractivity contribution in [3.63, 3.8) is 0 Å². The van der Waals surface area contributed by atoms with Crippen LogP contribution < -0.4 is 5.32 Å². The molecule has 0 unspecified atom stereocenters. The second-order valence-corrected chi connectivity index (χ2v) is 5.13. The summed E-state index contributed by atoms with van der Waals surface area (Å²) in [6.45, 7) is -0.150. The fourth-order valence-corrected chi connectivity index (χ4v) is 2.71. The summed E-state index contributed by atoms with van der Waals surface area (Å²) in [4.78, 5) is 23.4. The van der Waals surface area contributed by atoms with Crippen LogP contribution in [0.2, 0.25) is 0 Å². The third-order valence-corrected chi connectivity index (χ3v) is 3.77. The average Bonchev–Trinajstić information content (AvgIpc) is 3.15. The second-order valence-electron chi connectivity index (χ2n) is 5.13. The first kappa shape index (κ1) is 14.3. The summed E-state index contributed by atoms with van der Waals surface area (Å²) in [5.74, 6) is -0.814. The number of esters is 1. The highest BCUT2D eigenvalue weighted by molar-refractivity contribution is 5.96. The van der Waals surface area contributed by atoms with Gasteiger partial charge in [0.25, 0.3) is 5.91 Å². The van der Waals surface area contributed by atoms with Crippen molar-refractivity contribution in [3.8, 4) is 5.69 Å². The van der Waals surface area contributed by atoms with Gasteiger partial charge in [-0.3, -0.25) is 9.59 Å². The average molecular weight is 299 g/mol. The number of ether oxygens (including phenoxy) is 1. The SMILES string of the molecule is COC(=O)CNC(=O)c1nn(-c2ccccc2)c2c1CCC2. The molecule has 1 aliphatic rings. The van der Waals surface area contributed by atoms with E-state index in [2.05, 4.69) is 15.2 Å². The molecule has 0 saturated carbocycles. The first-order valence-corrected chi connectivity index (χ1v) is 7.22. The lowest BCUT2D eigenvalue weighted by Gasteiger charge is -2.05. The minimum absolute atomic E-state index is 0.150. The zero-order valence-corrected chi connectivity index (χ0v) is 12.3. The van der Waals surface area contributed by atoms with E-state index in [1.54, 1.807) is 0 Å². The fourth-order valence-electron chi connectivity index (χ4n) is 2.71. The standard InChI is InChI=1S/C16H17N3O3/c1-22-14(20)10-17-16(21)15-12-8-5-9-13(12)19(18-15)11-6-3-2-4-7-11/h2-4,6-7H,5,8-10H2,1H3,(H,17,21). The molecule has 1 aromatic heterocycles. The van der Waals surface area contributed by atoms with Crippen LogP contribution in [-0.4, -0.2) is 35.3 Å². The summed E-state index contributed by atoms with van der Waals surface area (Å²) in [5.41, 5.74) is 3.40. The number of fused-ring (bicyclic) bond motifs is 1. The van der Waals surface area contributed by atoms with E-state index in [1.165, 1.54) is 7.11 Å². The Morgan fingerprint density at radius 2 is 2.05 bits per heavy atom. The number of hydrogen-bond acceptors (Lipinski definition) is 4. The van der Waals surface area contributed by atoms with Crippen molar-refractivity contribution in [2.45, 2.75) is 19.3 Å². The number of carbonyl (C=O) groups excluding carboxylic acids is 2. The molecule has 1 heterocycles. The number of aromatic nitrogens is 2. The number of hydrogen-bond donors (Lipinski definition) is 1. The van der Waals surface area contributed by atoms with E-state index in [-0.39, 0.29) is 12.5 Å². The number of rotatable bonds is 4. The molecule has 0 radical (unpaired) electrons. The van der Waals surface area contributed by atoms with Gasteiger partial charge in [-0.05, 0) is 31.4 Å². The minimum atomic E-state index is -0.479. The van der Waals surface area contributed by atoms with Gasteiger partial charge in [-0.25, -0.2) is 4.68 Å². The zero-order chi connectivity index (χ0) is 15.5. The van der Waals surface area contributed by atoms with Crippen molar-refractivity contribution in [3.05, 3.63) is 47.3 Å². The van der Waals surface area contributed by atoms with E-state index < -0.39 is 5.97 Å². The van der Waals surface area contributed by atoms with Gasteiger partial charge >= 0.3 is 5.97 Å². The number of para-hydroxylation sites is 1. The van der Waals surface area contributed by atoms with Crippen LogP contribution in [0.4, 0.5) is 0 Å². The summed E-state index contributed by atoms with van der Waals surface area (Å²) in [7, 11) is 1.29. The molecule has 114 valence electrons. The molecular formula is C16H17N3O3. The van der Waals surface area contributed by atoms with Gasteiger partial charge in [-0.2, -0.15) is 5.10 Å². The maximum Gasteiger partial charge on any atom is 0.325 e. The summed E-state index contributed by atoms with van der Waals surface area (Å²) < 4.78 is 6.35. The molecule has 2 aromatic rings. The summed E-state index contributed by atoms with van der Waals surface area (Å²) >= 11 is 0. The largest absolute Gasteiger partial charge is 0.468 e. The first-order valence-electron chi connectivity index (χ1n) is 7.22. The van der Waals surface area contributed by atoms with Crippen LogP contribution in [0.3, 0.4) is 0 Å². The summed E-state index contributed by atoms with van der Waals surface area (Å²) in [6.07, 6.45) is 2.75. The Hall–Kier alpha value is -2.63. The maximum atomic E-state index is 12.3.